The zero-order valence-electron chi connectivity index (χ0n) is 24.4. The third kappa shape index (κ3) is 4.02. The van der Waals surface area contributed by atoms with Gasteiger partial charge in [0.05, 0.1) is 17.9 Å². The van der Waals surface area contributed by atoms with Gasteiger partial charge in [-0.25, -0.2) is 0 Å². The highest BCUT2D eigenvalue weighted by Crippen LogP contribution is 2.53. The molecule has 0 saturated carbocycles. The Bertz CT molecular complexity index is 1650. The number of aliphatic hydroxyl groups is 3. The van der Waals surface area contributed by atoms with E-state index >= 15 is 0 Å². The molecule has 1 aromatic heterocycles. The third-order valence-electron chi connectivity index (χ3n) is 9.66. The second-order valence-corrected chi connectivity index (χ2v) is 12.3. The number of aliphatic hydroxyl groups excluding tert-OH is 2. The number of primary amides is 1. The fourth-order valence-electron chi connectivity index (χ4n) is 7.56. The fraction of sp³-hybridized carbons (Fsp3) is 0.406. The monoisotopic (exact) mass is 589 g/mol. The number of hydrogen-bond donors (Lipinski definition) is 5. The van der Waals surface area contributed by atoms with Crippen LogP contribution >= 0.6 is 0 Å². The molecule has 0 bridgehead atoms. The molecule has 0 spiro atoms. The zero-order chi connectivity index (χ0) is 31.1. The van der Waals surface area contributed by atoms with Crippen LogP contribution in [0.1, 0.15) is 41.8 Å². The molecule has 4 aliphatic rings. The number of hydrogen-bond acceptors (Lipinski definition) is 10. The van der Waals surface area contributed by atoms with Crippen molar-refractivity contribution in [2.45, 2.75) is 57.0 Å². The van der Waals surface area contributed by atoms with Gasteiger partial charge in [0.25, 0.3) is 5.91 Å². The van der Waals surface area contributed by atoms with Crippen LogP contribution in [-0.4, -0.2) is 85.5 Å². The first-order valence-electron chi connectivity index (χ1n) is 14.3. The number of benzene rings is 1. The van der Waals surface area contributed by atoms with Gasteiger partial charge in [0, 0.05) is 41.2 Å². The van der Waals surface area contributed by atoms with Gasteiger partial charge in [0.2, 0.25) is 5.78 Å². The number of nitrogens with zero attached hydrogens (tertiary/aromatic N) is 2. The number of allylic oxidation sites excluding steroid dienone is 1. The number of phenolic OH excluding ortho intramolecular Hbond substituents is 1. The van der Waals surface area contributed by atoms with Crippen molar-refractivity contribution in [3.8, 4) is 17.1 Å². The molecule has 6 atom stereocenters. The maximum atomic E-state index is 14.1. The molecule has 3 aliphatic carbocycles. The van der Waals surface area contributed by atoms with Crippen molar-refractivity contribution in [3.63, 3.8) is 0 Å². The number of nitrogens with two attached hydrogens (primary N) is 1. The average molecular weight is 590 g/mol. The Morgan fingerprint density at radius 1 is 1.12 bits per heavy atom. The van der Waals surface area contributed by atoms with Crippen LogP contribution in [0.4, 0.5) is 0 Å². The topological polar surface area (TPSA) is 178 Å². The smallest absolute Gasteiger partial charge is 0.255 e. The number of aromatic hydroxyl groups is 1. The van der Waals surface area contributed by atoms with E-state index in [1.807, 2.05) is 6.07 Å². The number of carbonyl (C=O) groups is 3. The molecule has 1 aliphatic heterocycles. The Labute approximate surface area is 248 Å². The summed E-state index contributed by atoms with van der Waals surface area (Å²) >= 11 is 0. The van der Waals surface area contributed by atoms with E-state index in [1.165, 1.54) is 11.0 Å². The highest BCUT2D eigenvalue weighted by Gasteiger charge is 2.63. The lowest BCUT2D eigenvalue weighted by Gasteiger charge is -2.50. The molecule has 1 amide bonds. The molecule has 226 valence electrons. The van der Waals surface area contributed by atoms with E-state index in [4.69, 9.17) is 10.2 Å². The lowest BCUT2D eigenvalue weighted by atomic mass is 9.58. The molecule has 43 heavy (non-hydrogen) atoms. The molecule has 11 heteroatoms. The van der Waals surface area contributed by atoms with Gasteiger partial charge < -0.3 is 30.6 Å². The van der Waals surface area contributed by atoms with Crippen molar-refractivity contribution in [2.75, 3.05) is 14.1 Å². The summed E-state index contributed by atoms with van der Waals surface area (Å²) in [7, 11) is 3.19. The number of rotatable bonds is 5. The van der Waals surface area contributed by atoms with Crippen molar-refractivity contribution >= 4 is 17.5 Å². The molecule has 0 radical (unpaired) electrons. The minimum absolute atomic E-state index is 0.0142. The van der Waals surface area contributed by atoms with Crippen molar-refractivity contribution in [2.24, 2.45) is 17.6 Å². The normalized spacial score (nSPS) is 30.6. The van der Waals surface area contributed by atoms with Gasteiger partial charge >= 0.3 is 0 Å². The Balaban J connectivity index is 1.47. The number of phenols is 1. The number of ketones is 2. The molecular weight excluding hydrogens is 554 g/mol. The number of amides is 1. The average Bonchev–Trinajstić information content (AvgIpc) is 3.52. The first kappa shape index (κ1) is 28.9. The van der Waals surface area contributed by atoms with E-state index < -0.39 is 58.0 Å². The molecule has 11 nitrogen and oxygen atoms in total. The Morgan fingerprint density at radius 2 is 1.79 bits per heavy atom. The van der Waals surface area contributed by atoms with Gasteiger partial charge in [-0.3, -0.25) is 24.2 Å². The van der Waals surface area contributed by atoms with Crippen molar-refractivity contribution < 1.29 is 39.2 Å². The van der Waals surface area contributed by atoms with Crippen LogP contribution in [0.3, 0.4) is 0 Å². The highest BCUT2D eigenvalue weighted by molar-refractivity contribution is 6.24. The first-order valence-corrected chi connectivity index (χ1v) is 14.3. The number of fused-ring (bicyclic) bond motifs is 3. The van der Waals surface area contributed by atoms with Gasteiger partial charge in [-0.2, -0.15) is 0 Å². The zero-order valence-corrected chi connectivity index (χ0v) is 24.4. The van der Waals surface area contributed by atoms with Crippen molar-refractivity contribution in [3.05, 3.63) is 76.0 Å². The standard InChI is InChI=1S/C32H35N3O8/c1-14-5-6-15(2)35(14)13-16-9-10-43-28(16)18-7-8-21(36)23-19(18)11-17-12-20-25(34(3)4)27(38)24(31(33)41)30(40)32(20,42)29(39)22(17)26(23)37/h5-10,14-15,17,20,25,36,38-39,42H,11-13H2,1-4H3,(H2,33,41)/t14?,15?,17-,20-,25-,32-/m0/s1. The number of carbonyl (C=O) groups excluding carboxylic acids is 3. The van der Waals surface area contributed by atoms with Crippen LogP contribution in [0, 0.1) is 11.8 Å². The lowest BCUT2D eigenvalue weighted by Crippen LogP contribution is -2.63. The maximum Gasteiger partial charge on any atom is 0.255 e. The van der Waals surface area contributed by atoms with Crippen LogP contribution in [-0.2, 0) is 22.6 Å². The molecular formula is C32H35N3O8. The number of Topliss-reactive ketones (excluding diaryl/α,β-unsaturated/α-hetero) is 2. The first-order chi connectivity index (χ1) is 20.3. The Hall–Kier alpha value is -4.19. The summed E-state index contributed by atoms with van der Waals surface area (Å²) in [4.78, 5) is 43.6. The van der Waals surface area contributed by atoms with Crippen molar-refractivity contribution in [1.29, 1.82) is 0 Å². The fourth-order valence-corrected chi connectivity index (χ4v) is 7.56. The summed E-state index contributed by atoms with van der Waals surface area (Å²) < 4.78 is 5.97. The van der Waals surface area contributed by atoms with Crippen LogP contribution in [0.2, 0.25) is 0 Å². The highest BCUT2D eigenvalue weighted by atomic mass is 16.3. The molecule has 6 rings (SSSR count). The summed E-state index contributed by atoms with van der Waals surface area (Å²) in [6.45, 7) is 4.82. The predicted octanol–water partition coefficient (Wildman–Crippen LogP) is 2.53. The SMILES string of the molecule is CC1C=CC(C)N1Cc1ccoc1-c1ccc(O)c2c1C[C@H]1C[C@H]3[C@H](N(C)C)C(O)=C(C(N)=O)C(=O)[C@@]3(O)C(O)=C1C2=O. The Kier molecular flexibility index (Phi) is 6.68. The summed E-state index contributed by atoms with van der Waals surface area (Å²) in [6, 6.07) is 4.38. The number of likely N-dealkylation sites (N-methyl/N-ethyl adjacent to an activating group) is 1. The minimum atomic E-state index is -2.68. The van der Waals surface area contributed by atoms with E-state index in [1.54, 1.807) is 26.4 Å². The Morgan fingerprint density at radius 3 is 2.42 bits per heavy atom. The summed E-state index contributed by atoms with van der Waals surface area (Å²) in [6.07, 6.45) is 6.07. The van der Waals surface area contributed by atoms with Gasteiger partial charge in [-0.15, -0.1) is 0 Å². The summed E-state index contributed by atoms with van der Waals surface area (Å²) in [5.74, 6) is -6.26. The van der Waals surface area contributed by atoms with Crippen LogP contribution in [0.5, 0.6) is 5.75 Å². The summed E-state index contributed by atoms with van der Waals surface area (Å²) in [5, 5.41) is 45.2. The second-order valence-electron chi connectivity index (χ2n) is 12.3. The summed E-state index contributed by atoms with van der Waals surface area (Å²) in [5.41, 5.74) is 3.69. The van der Waals surface area contributed by atoms with Gasteiger partial charge in [-0.1, -0.05) is 12.2 Å². The van der Waals surface area contributed by atoms with Gasteiger partial charge in [0.15, 0.2) is 11.4 Å². The van der Waals surface area contributed by atoms with Gasteiger partial charge in [0.1, 0.15) is 28.6 Å². The lowest BCUT2D eigenvalue weighted by molar-refractivity contribution is -0.148. The molecule has 2 heterocycles. The predicted molar refractivity (Wildman–Crippen MR) is 155 cm³/mol. The third-order valence-corrected chi connectivity index (χ3v) is 9.66. The van der Waals surface area contributed by atoms with E-state index in [2.05, 4.69) is 30.9 Å². The maximum absolute atomic E-state index is 14.1. The van der Waals surface area contributed by atoms with Crippen LogP contribution in [0.15, 0.2) is 63.7 Å². The molecule has 0 fully saturated rings. The van der Waals surface area contributed by atoms with Crippen LogP contribution in [0.25, 0.3) is 11.3 Å². The van der Waals surface area contributed by atoms with Crippen molar-refractivity contribution in [1.82, 2.24) is 9.80 Å². The largest absolute Gasteiger partial charge is 0.510 e. The van der Waals surface area contributed by atoms with E-state index in [9.17, 15) is 34.8 Å². The van der Waals surface area contributed by atoms with E-state index in [0.717, 1.165) is 5.56 Å². The molecule has 6 N–H and O–H groups in total. The second kappa shape index (κ2) is 9.94. The van der Waals surface area contributed by atoms with E-state index in [-0.39, 0.29) is 41.8 Å². The van der Waals surface area contributed by atoms with Crippen LogP contribution < -0.4 is 5.73 Å². The molecule has 0 saturated heterocycles. The quantitative estimate of drug-likeness (QED) is 0.257. The molecule has 2 unspecified atom stereocenters. The molecule has 1 aromatic carbocycles. The van der Waals surface area contributed by atoms with Gasteiger partial charge in [-0.05, 0) is 70.5 Å². The number of furan rings is 1. The minimum Gasteiger partial charge on any atom is -0.510 e. The van der Waals surface area contributed by atoms with E-state index in [0.29, 0.717) is 23.4 Å². The molecule has 2 aromatic rings.